The summed E-state index contributed by atoms with van der Waals surface area (Å²) in [5.74, 6) is 0. The Morgan fingerprint density at radius 1 is 1.10 bits per heavy atom. The Morgan fingerprint density at radius 2 is 1.67 bits per heavy atom. The maximum Gasteiger partial charge on any atom is 0.443 e. The fourth-order valence-corrected chi connectivity index (χ4v) is 3.56. The van der Waals surface area contributed by atoms with E-state index in [9.17, 15) is 13.2 Å². The lowest BCUT2D eigenvalue weighted by Gasteiger charge is -2.32. The zero-order valence-electron chi connectivity index (χ0n) is 12.9. The number of thiazole rings is 1. The Kier molecular flexibility index (Phi) is 4.66. The van der Waals surface area contributed by atoms with Gasteiger partial charge in [0.15, 0.2) is 5.01 Å². The van der Waals surface area contributed by atoms with Crippen LogP contribution < -0.4 is 0 Å². The van der Waals surface area contributed by atoms with Gasteiger partial charge in [-0.1, -0.05) is 20.8 Å². The van der Waals surface area contributed by atoms with E-state index in [1.54, 1.807) is 0 Å². The van der Waals surface area contributed by atoms with Crippen molar-refractivity contribution in [2.45, 2.75) is 38.9 Å². The molecule has 21 heavy (non-hydrogen) atoms. The Hall–Kier alpha value is -0.660. The molecule has 1 fully saturated rings. The molecule has 3 nitrogen and oxygen atoms in total. The first-order valence-electron chi connectivity index (χ1n) is 7.05. The number of aromatic nitrogens is 1. The second kappa shape index (κ2) is 5.85. The lowest BCUT2D eigenvalue weighted by Crippen LogP contribution is -2.44. The summed E-state index contributed by atoms with van der Waals surface area (Å²) in [7, 11) is 2.06. The van der Waals surface area contributed by atoms with Crippen molar-refractivity contribution in [1.29, 1.82) is 0 Å². The molecule has 0 radical (unpaired) electrons. The summed E-state index contributed by atoms with van der Waals surface area (Å²) < 4.78 is 38.8. The average Bonchev–Trinajstić information content (AvgIpc) is 2.75. The fourth-order valence-electron chi connectivity index (χ4n) is 2.38. The highest BCUT2D eigenvalue weighted by molar-refractivity contribution is 7.11. The average molecular weight is 321 g/mol. The minimum atomic E-state index is -4.36. The third kappa shape index (κ3) is 4.17. The molecule has 0 aromatic carbocycles. The van der Waals surface area contributed by atoms with Gasteiger partial charge in [-0.15, -0.1) is 11.3 Å². The van der Waals surface area contributed by atoms with Gasteiger partial charge in [0.1, 0.15) is 0 Å². The first kappa shape index (κ1) is 16.7. The van der Waals surface area contributed by atoms with Crippen LogP contribution in [0.25, 0.3) is 0 Å². The van der Waals surface area contributed by atoms with Crippen molar-refractivity contribution in [2.75, 3.05) is 33.2 Å². The van der Waals surface area contributed by atoms with Crippen LogP contribution in [0, 0.1) is 0 Å². The van der Waals surface area contributed by atoms with Gasteiger partial charge in [-0.05, 0) is 7.05 Å². The number of rotatable bonds is 2. The molecule has 1 aliphatic rings. The Morgan fingerprint density at radius 3 is 2.14 bits per heavy atom. The van der Waals surface area contributed by atoms with Crippen molar-refractivity contribution in [2.24, 2.45) is 0 Å². The van der Waals surface area contributed by atoms with E-state index in [0.717, 1.165) is 42.4 Å². The molecule has 1 aromatic rings. The van der Waals surface area contributed by atoms with Crippen LogP contribution in [0.15, 0.2) is 0 Å². The molecule has 0 unspecified atom stereocenters. The van der Waals surface area contributed by atoms with E-state index in [1.807, 2.05) is 20.8 Å². The van der Waals surface area contributed by atoms with Gasteiger partial charge < -0.3 is 4.90 Å². The van der Waals surface area contributed by atoms with Gasteiger partial charge in [0.25, 0.3) is 0 Å². The van der Waals surface area contributed by atoms with Crippen molar-refractivity contribution >= 4 is 11.3 Å². The standard InChI is InChI=1S/C14H22F3N3S/c1-13(2,3)11-10(21-12(18-11)14(15,16)17)9-20-7-5-19(4)6-8-20/h5-9H2,1-4H3. The van der Waals surface area contributed by atoms with Crippen LogP contribution in [0.4, 0.5) is 13.2 Å². The largest absolute Gasteiger partial charge is 0.443 e. The molecule has 7 heteroatoms. The summed E-state index contributed by atoms with van der Waals surface area (Å²) in [4.78, 5) is 9.08. The maximum absolute atomic E-state index is 12.9. The quantitative estimate of drug-likeness (QED) is 0.834. The van der Waals surface area contributed by atoms with Crippen LogP contribution in [0.1, 0.15) is 36.3 Å². The van der Waals surface area contributed by atoms with Gasteiger partial charge in [-0.3, -0.25) is 4.90 Å². The molecular formula is C14H22F3N3S. The first-order chi connectivity index (χ1) is 9.57. The second-order valence-corrected chi connectivity index (χ2v) is 7.70. The zero-order chi connectivity index (χ0) is 15.8. The van der Waals surface area contributed by atoms with Crippen molar-refractivity contribution in [1.82, 2.24) is 14.8 Å². The highest BCUT2D eigenvalue weighted by atomic mass is 32.1. The van der Waals surface area contributed by atoms with E-state index in [2.05, 4.69) is 21.8 Å². The second-order valence-electron chi connectivity index (χ2n) is 6.62. The van der Waals surface area contributed by atoms with Crippen LogP contribution in [0.5, 0.6) is 0 Å². The lowest BCUT2D eigenvalue weighted by molar-refractivity contribution is -0.137. The van der Waals surface area contributed by atoms with Gasteiger partial charge in [-0.25, -0.2) is 4.98 Å². The minimum Gasteiger partial charge on any atom is -0.304 e. The molecule has 0 N–H and O–H groups in total. The van der Waals surface area contributed by atoms with Crippen LogP contribution in [-0.2, 0) is 18.1 Å². The van der Waals surface area contributed by atoms with Gasteiger partial charge in [-0.2, -0.15) is 13.2 Å². The van der Waals surface area contributed by atoms with Crippen molar-refractivity contribution in [3.05, 3.63) is 15.6 Å². The van der Waals surface area contributed by atoms with E-state index in [4.69, 9.17) is 0 Å². The van der Waals surface area contributed by atoms with E-state index >= 15 is 0 Å². The molecule has 0 bridgehead atoms. The Balaban J connectivity index is 2.23. The Labute approximate surface area is 127 Å². The van der Waals surface area contributed by atoms with Crippen molar-refractivity contribution in [3.63, 3.8) is 0 Å². The lowest BCUT2D eigenvalue weighted by atomic mass is 9.91. The van der Waals surface area contributed by atoms with Gasteiger partial charge >= 0.3 is 6.18 Å². The number of halogens is 3. The Bertz CT molecular complexity index is 483. The number of hydrogen-bond donors (Lipinski definition) is 0. The smallest absolute Gasteiger partial charge is 0.304 e. The molecule has 0 atom stereocenters. The molecule has 0 saturated carbocycles. The van der Waals surface area contributed by atoms with Crippen LogP contribution in [0.3, 0.4) is 0 Å². The SMILES string of the molecule is CN1CCN(Cc2sc(C(F)(F)F)nc2C(C)(C)C)CC1. The molecule has 2 rings (SSSR count). The first-order valence-corrected chi connectivity index (χ1v) is 7.87. The normalized spacial score (nSPS) is 19.2. The highest BCUT2D eigenvalue weighted by Crippen LogP contribution is 2.38. The summed E-state index contributed by atoms with van der Waals surface area (Å²) in [5.41, 5.74) is 0.209. The zero-order valence-corrected chi connectivity index (χ0v) is 13.7. The number of alkyl halides is 3. The molecule has 120 valence electrons. The molecule has 0 amide bonds. The van der Waals surface area contributed by atoms with E-state index in [-0.39, 0.29) is 5.41 Å². The predicted molar refractivity (Wildman–Crippen MR) is 78.6 cm³/mol. The van der Waals surface area contributed by atoms with Crippen LogP contribution in [0.2, 0.25) is 0 Å². The number of hydrogen-bond acceptors (Lipinski definition) is 4. The molecular weight excluding hydrogens is 299 g/mol. The molecule has 0 aliphatic carbocycles. The topological polar surface area (TPSA) is 19.4 Å². The van der Waals surface area contributed by atoms with Crippen molar-refractivity contribution < 1.29 is 13.2 Å². The van der Waals surface area contributed by atoms with E-state index in [1.165, 1.54) is 0 Å². The molecule has 2 heterocycles. The maximum atomic E-state index is 12.9. The molecule has 0 spiro atoms. The highest BCUT2D eigenvalue weighted by Gasteiger charge is 2.38. The third-order valence-corrected chi connectivity index (χ3v) is 4.70. The molecule has 1 aliphatic heterocycles. The number of likely N-dealkylation sites (N-methyl/N-ethyl adjacent to an activating group) is 1. The van der Waals surface area contributed by atoms with Crippen LogP contribution >= 0.6 is 11.3 Å². The van der Waals surface area contributed by atoms with Gasteiger partial charge in [0.2, 0.25) is 0 Å². The summed E-state index contributed by atoms with van der Waals surface area (Å²) in [6.45, 7) is 9.99. The fraction of sp³-hybridized carbons (Fsp3) is 0.786. The predicted octanol–water partition coefficient (Wildman–Crippen LogP) is 3.21. The summed E-state index contributed by atoms with van der Waals surface area (Å²) >= 11 is 0.796. The molecule has 1 aromatic heterocycles. The third-order valence-electron chi connectivity index (χ3n) is 3.61. The number of piperazine rings is 1. The number of nitrogens with zero attached hydrogens (tertiary/aromatic N) is 3. The summed E-state index contributed by atoms with van der Waals surface area (Å²) in [6.07, 6.45) is -4.36. The summed E-state index contributed by atoms with van der Waals surface area (Å²) in [5, 5.41) is -0.725. The summed E-state index contributed by atoms with van der Waals surface area (Å²) in [6, 6.07) is 0. The monoisotopic (exact) mass is 321 g/mol. The van der Waals surface area contributed by atoms with Crippen molar-refractivity contribution in [3.8, 4) is 0 Å². The van der Waals surface area contributed by atoms with Gasteiger partial charge in [0, 0.05) is 43.0 Å². The van der Waals surface area contributed by atoms with E-state index in [0.29, 0.717) is 12.2 Å². The minimum absolute atomic E-state index is 0.373. The van der Waals surface area contributed by atoms with E-state index < -0.39 is 11.2 Å². The van der Waals surface area contributed by atoms with Crippen LogP contribution in [-0.4, -0.2) is 48.0 Å². The van der Waals surface area contributed by atoms with Gasteiger partial charge in [0.05, 0.1) is 5.69 Å². The molecule has 1 saturated heterocycles.